The van der Waals surface area contributed by atoms with Crippen LogP contribution in [0.2, 0.25) is 0 Å². The summed E-state index contributed by atoms with van der Waals surface area (Å²) in [4.78, 5) is 27.8. The fraction of sp³-hybridized carbons (Fsp3) is 0.611. The maximum Gasteiger partial charge on any atom is 0.245 e. The van der Waals surface area contributed by atoms with Crippen LogP contribution in [0.1, 0.15) is 43.8 Å². The number of rotatable bonds is 4. The molecule has 4 heterocycles. The second kappa shape index (κ2) is 6.17. The highest BCUT2D eigenvalue weighted by atomic mass is 16.2. The molecule has 9 nitrogen and oxygen atoms in total. The van der Waals surface area contributed by atoms with Crippen LogP contribution in [0, 0.1) is 0 Å². The molecule has 0 bridgehead atoms. The number of hydrogen-bond acceptors (Lipinski definition) is 6. The van der Waals surface area contributed by atoms with Crippen molar-refractivity contribution in [1.82, 2.24) is 30.0 Å². The Labute approximate surface area is 156 Å². The van der Waals surface area contributed by atoms with Crippen LogP contribution in [-0.2, 0) is 9.59 Å². The van der Waals surface area contributed by atoms with Crippen molar-refractivity contribution in [2.75, 3.05) is 25.0 Å². The summed E-state index contributed by atoms with van der Waals surface area (Å²) in [7, 11) is 1.82. The van der Waals surface area contributed by atoms with Crippen LogP contribution >= 0.6 is 0 Å². The molecule has 2 saturated heterocycles. The number of likely N-dealkylation sites (N-methyl/N-ethyl adjacent to an activating group) is 1. The number of hydrogen-bond donors (Lipinski definition) is 1. The molecule has 0 aromatic carbocycles. The van der Waals surface area contributed by atoms with E-state index in [9.17, 15) is 9.59 Å². The average molecular weight is 369 g/mol. The third-order valence-corrected chi connectivity index (χ3v) is 6.12. The van der Waals surface area contributed by atoms with Gasteiger partial charge in [0.2, 0.25) is 11.8 Å². The molecule has 2 amide bonds. The Hall–Kier alpha value is -2.71. The van der Waals surface area contributed by atoms with Gasteiger partial charge in [-0.3, -0.25) is 9.59 Å². The number of nitrogens with one attached hydrogen (secondary N) is 1. The molecule has 142 valence electrons. The molecule has 5 rings (SSSR count). The molecule has 0 radical (unpaired) electrons. The third kappa shape index (κ3) is 2.72. The Morgan fingerprint density at radius 2 is 2.04 bits per heavy atom. The molecule has 2 aromatic heterocycles. The van der Waals surface area contributed by atoms with Crippen molar-refractivity contribution in [2.24, 2.45) is 0 Å². The number of nitrogens with zero attached hydrogens (tertiary/aromatic N) is 6. The lowest BCUT2D eigenvalue weighted by molar-refractivity contribution is -0.135. The van der Waals surface area contributed by atoms with Crippen molar-refractivity contribution >= 4 is 23.3 Å². The molecule has 2 aromatic rings. The molecule has 3 aliphatic rings. The first kappa shape index (κ1) is 16.5. The minimum absolute atomic E-state index is 0.00000878. The minimum atomic E-state index is -0.368. The number of carbonyl (C=O) groups is 2. The van der Waals surface area contributed by atoms with Gasteiger partial charge in [-0.1, -0.05) is 6.42 Å². The predicted octanol–water partition coefficient (Wildman–Crippen LogP) is 0.317. The van der Waals surface area contributed by atoms with Crippen LogP contribution < -0.4 is 10.2 Å². The van der Waals surface area contributed by atoms with E-state index in [0.717, 1.165) is 43.2 Å². The van der Waals surface area contributed by atoms with Crippen molar-refractivity contribution in [3.8, 4) is 0 Å². The number of amides is 2. The van der Waals surface area contributed by atoms with Gasteiger partial charge in [-0.2, -0.15) is 4.52 Å². The van der Waals surface area contributed by atoms with Crippen LogP contribution in [0.4, 0.5) is 5.82 Å². The monoisotopic (exact) mass is 369 g/mol. The van der Waals surface area contributed by atoms with Gasteiger partial charge in [-0.25, -0.2) is 0 Å². The largest absolute Gasteiger partial charge is 0.351 e. The Kier molecular flexibility index (Phi) is 3.76. The Bertz CT molecular complexity index is 900. The molecular formula is C18H23N7O2. The van der Waals surface area contributed by atoms with E-state index >= 15 is 0 Å². The second-order valence-corrected chi connectivity index (χ2v) is 7.81. The zero-order chi connectivity index (χ0) is 18.5. The molecule has 1 atom stereocenters. The van der Waals surface area contributed by atoms with Crippen LogP contribution in [-0.4, -0.2) is 68.7 Å². The standard InChI is InChI=1S/C18H23N7O2/c1-23(18(27)13-5-8-16(26)19-13)12-9-24(10-12)15-7-6-14-20-21-17(25(14)22-15)11-3-2-4-11/h6-7,11-13H,2-5,8-10H2,1H3,(H,19,26). The van der Waals surface area contributed by atoms with Gasteiger partial charge in [-0.05, 0) is 31.4 Å². The SMILES string of the molecule is CN(C(=O)C1CCC(=O)N1)C1CN(c2ccc3nnc(C4CCC4)n3n2)C1. The molecular weight excluding hydrogens is 346 g/mol. The fourth-order valence-electron chi connectivity index (χ4n) is 4.00. The van der Waals surface area contributed by atoms with Crippen molar-refractivity contribution < 1.29 is 9.59 Å². The quantitative estimate of drug-likeness (QED) is 0.834. The Balaban J connectivity index is 1.26. The summed E-state index contributed by atoms with van der Waals surface area (Å²) < 4.78 is 1.87. The van der Waals surface area contributed by atoms with Gasteiger partial charge in [0.15, 0.2) is 11.5 Å². The first-order chi connectivity index (χ1) is 13.1. The number of fused-ring (bicyclic) bond motifs is 1. The predicted molar refractivity (Wildman–Crippen MR) is 97.3 cm³/mol. The van der Waals surface area contributed by atoms with E-state index in [1.807, 2.05) is 23.7 Å². The van der Waals surface area contributed by atoms with Gasteiger partial charge in [0.05, 0.1) is 6.04 Å². The van der Waals surface area contributed by atoms with E-state index < -0.39 is 0 Å². The maximum atomic E-state index is 12.5. The van der Waals surface area contributed by atoms with E-state index in [4.69, 9.17) is 5.10 Å². The van der Waals surface area contributed by atoms with Gasteiger partial charge in [0, 0.05) is 32.5 Å². The molecule has 9 heteroatoms. The first-order valence-electron chi connectivity index (χ1n) is 9.63. The Morgan fingerprint density at radius 3 is 2.70 bits per heavy atom. The van der Waals surface area contributed by atoms with E-state index in [1.54, 1.807) is 4.90 Å². The molecule has 1 unspecified atom stereocenters. The van der Waals surface area contributed by atoms with E-state index in [2.05, 4.69) is 20.4 Å². The minimum Gasteiger partial charge on any atom is -0.351 e. The van der Waals surface area contributed by atoms with Gasteiger partial charge < -0.3 is 15.1 Å². The smallest absolute Gasteiger partial charge is 0.245 e. The second-order valence-electron chi connectivity index (χ2n) is 7.81. The molecule has 1 N–H and O–H groups in total. The number of carbonyl (C=O) groups excluding carboxylic acids is 2. The van der Waals surface area contributed by atoms with Crippen molar-refractivity contribution in [3.63, 3.8) is 0 Å². The summed E-state index contributed by atoms with van der Waals surface area (Å²) in [6.45, 7) is 1.48. The normalized spacial score (nSPS) is 23.2. The van der Waals surface area contributed by atoms with Crippen LogP contribution in [0.15, 0.2) is 12.1 Å². The molecule has 27 heavy (non-hydrogen) atoms. The zero-order valence-electron chi connectivity index (χ0n) is 15.3. The summed E-state index contributed by atoms with van der Waals surface area (Å²) in [5.74, 6) is 2.27. The molecule has 0 spiro atoms. The lowest BCUT2D eigenvalue weighted by Gasteiger charge is -2.45. The molecule has 1 saturated carbocycles. The van der Waals surface area contributed by atoms with Gasteiger partial charge in [0.1, 0.15) is 11.9 Å². The highest BCUT2D eigenvalue weighted by Gasteiger charge is 2.38. The fourth-order valence-corrected chi connectivity index (χ4v) is 4.00. The molecule has 3 fully saturated rings. The summed E-state index contributed by atoms with van der Waals surface area (Å²) in [5.41, 5.74) is 0.780. The van der Waals surface area contributed by atoms with Gasteiger partial charge >= 0.3 is 0 Å². The van der Waals surface area contributed by atoms with E-state index in [-0.39, 0.29) is 23.9 Å². The number of aromatic nitrogens is 4. The summed E-state index contributed by atoms with van der Waals surface area (Å²) in [6.07, 6.45) is 4.59. The van der Waals surface area contributed by atoms with E-state index in [1.165, 1.54) is 6.42 Å². The molecule has 2 aliphatic heterocycles. The molecule has 1 aliphatic carbocycles. The lowest BCUT2D eigenvalue weighted by atomic mass is 9.85. The van der Waals surface area contributed by atoms with Crippen LogP contribution in [0.3, 0.4) is 0 Å². The van der Waals surface area contributed by atoms with Crippen LogP contribution in [0.5, 0.6) is 0 Å². The summed E-state index contributed by atoms with van der Waals surface area (Å²) >= 11 is 0. The maximum absolute atomic E-state index is 12.5. The van der Waals surface area contributed by atoms with Crippen molar-refractivity contribution in [1.29, 1.82) is 0 Å². The lowest BCUT2D eigenvalue weighted by Crippen LogP contribution is -2.62. The van der Waals surface area contributed by atoms with E-state index in [0.29, 0.717) is 18.8 Å². The highest BCUT2D eigenvalue weighted by molar-refractivity contribution is 5.91. The first-order valence-corrected chi connectivity index (χ1v) is 9.63. The topological polar surface area (TPSA) is 95.7 Å². The third-order valence-electron chi connectivity index (χ3n) is 6.12. The summed E-state index contributed by atoms with van der Waals surface area (Å²) in [5, 5.41) is 16.0. The zero-order valence-corrected chi connectivity index (χ0v) is 15.3. The van der Waals surface area contributed by atoms with Crippen LogP contribution in [0.25, 0.3) is 5.65 Å². The van der Waals surface area contributed by atoms with Crippen molar-refractivity contribution in [3.05, 3.63) is 18.0 Å². The van der Waals surface area contributed by atoms with Gasteiger partial charge in [0.25, 0.3) is 0 Å². The Morgan fingerprint density at radius 1 is 1.22 bits per heavy atom. The van der Waals surface area contributed by atoms with Gasteiger partial charge in [-0.15, -0.1) is 15.3 Å². The highest BCUT2D eigenvalue weighted by Crippen LogP contribution is 2.35. The van der Waals surface area contributed by atoms with Crippen molar-refractivity contribution in [2.45, 2.75) is 50.1 Å². The number of anilines is 1. The average Bonchev–Trinajstić information content (AvgIpc) is 3.18. The summed E-state index contributed by atoms with van der Waals surface area (Å²) in [6, 6.07) is 3.69.